The Kier molecular flexibility index (Phi) is 7.09. The molecule has 0 aromatic heterocycles. The lowest BCUT2D eigenvalue weighted by atomic mass is 10.1. The number of piperazine rings is 1. The van der Waals surface area contributed by atoms with Crippen LogP contribution in [0, 0.1) is 0 Å². The Balaban J connectivity index is 1.46. The van der Waals surface area contributed by atoms with Gasteiger partial charge in [-0.25, -0.2) is 9.59 Å². The van der Waals surface area contributed by atoms with Crippen molar-refractivity contribution in [1.82, 2.24) is 9.80 Å². The number of rotatable bonds is 3. The van der Waals surface area contributed by atoms with Crippen LogP contribution in [0.2, 0.25) is 0 Å². The number of carbonyl (C=O) groups excluding carboxylic acids is 2. The van der Waals surface area contributed by atoms with Gasteiger partial charge in [-0.05, 0) is 57.9 Å². The van der Waals surface area contributed by atoms with Crippen molar-refractivity contribution in [2.75, 3.05) is 44.2 Å². The first kappa shape index (κ1) is 24.0. The van der Waals surface area contributed by atoms with Crippen LogP contribution in [0.25, 0.3) is 0 Å². The first-order valence-electron chi connectivity index (χ1n) is 10.8. The Labute approximate surface area is 186 Å². The fourth-order valence-electron chi connectivity index (χ4n) is 3.84. The van der Waals surface area contributed by atoms with E-state index >= 15 is 0 Å². The molecule has 0 saturated carbocycles. The zero-order valence-corrected chi connectivity index (χ0v) is 18.7. The molecular formula is C22H30F3N3O4. The quantitative estimate of drug-likeness (QED) is 0.675. The highest BCUT2D eigenvalue weighted by Gasteiger charge is 2.34. The molecule has 7 nitrogen and oxygen atoms in total. The molecule has 1 aromatic rings. The molecule has 2 aliphatic heterocycles. The van der Waals surface area contributed by atoms with Gasteiger partial charge in [0.15, 0.2) is 0 Å². The lowest BCUT2D eigenvalue weighted by Gasteiger charge is -2.36. The summed E-state index contributed by atoms with van der Waals surface area (Å²) in [6, 6.07) is 4.81. The summed E-state index contributed by atoms with van der Waals surface area (Å²) >= 11 is 0. The number of halogens is 3. The van der Waals surface area contributed by atoms with Crippen molar-refractivity contribution in [2.45, 2.75) is 51.4 Å². The van der Waals surface area contributed by atoms with Crippen molar-refractivity contribution < 1.29 is 32.2 Å². The predicted molar refractivity (Wildman–Crippen MR) is 113 cm³/mol. The van der Waals surface area contributed by atoms with Crippen LogP contribution in [0.3, 0.4) is 0 Å². The maximum atomic E-state index is 12.7. The number of likely N-dealkylation sites (tertiary alicyclic amines) is 1. The third-order valence-electron chi connectivity index (χ3n) is 5.50. The first-order chi connectivity index (χ1) is 14.9. The van der Waals surface area contributed by atoms with E-state index in [2.05, 4.69) is 0 Å². The summed E-state index contributed by atoms with van der Waals surface area (Å²) in [6.07, 6.45) is -3.64. The highest BCUT2D eigenvalue weighted by molar-refractivity contribution is 5.70. The Bertz CT molecular complexity index is 800. The Morgan fingerprint density at radius 1 is 0.969 bits per heavy atom. The minimum absolute atomic E-state index is 0.108. The maximum Gasteiger partial charge on any atom is 0.416 e. The van der Waals surface area contributed by atoms with Gasteiger partial charge < -0.3 is 24.2 Å². The number of hydrogen-bond acceptors (Lipinski definition) is 5. The third kappa shape index (κ3) is 6.20. The number of anilines is 1. The SMILES string of the molecule is CC(C)(C)OC(=O)N1CCCC1COC(=O)N1CCN(c2ccc(C(F)(F)F)cc2)CC1. The lowest BCUT2D eigenvalue weighted by molar-refractivity contribution is -0.137. The summed E-state index contributed by atoms with van der Waals surface area (Å²) in [5.41, 5.74) is -0.589. The Hall–Kier alpha value is -2.65. The van der Waals surface area contributed by atoms with Crippen LogP contribution >= 0.6 is 0 Å². The molecule has 2 fully saturated rings. The van der Waals surface area contributed by atoms with Gasteiger partial charge in [0.05, 0.1) is 11.6 Å². The molecule has 2 amide bonds. The molecule has 3 rings (SSSR count). The fourth-order valence-corrected chi connectivity index (χ4v) is 3.84. The highest BCUT2D eigenvalue weighted by atomic mass is 19.4. The number of carbonyl (C=O) groups is 2. The zero-order valence-electron chi connectivity index (χ0n) is 18.7. The molecule has 1 atom stereocenters. The summed E-state index contributed by atoms with van der Waals surface area (Å²) in [6.45, 7) is 7.89. The van der Waals surface area contributed by atoms with Gasteiger partial charge in [-0.2, -0.15) is 13.2 Å². The van der Waals surface area contributed by atoms with Gasteiger partial charge >= 0.3 is 18.4 Å². The van der Waals surface area contributed by atoms with E-state index in [1.54, 1.807) is 30.6 Å². The van der Waals surface area contributed by atoms with Gasteiger partial charge in [-0.1, -0.05) is 0 Å². The summed E-state index contributed by atoms with van der Waals surface area (Å²) in [5, 5.41) is 0. The van der Waals surface area contributed by atoms with E-state index in [1.165, 1.54) is 12.1 Å². The van der Waals surface area contributed by atoms with Crippen LogP contribution in [-0.4, -0.2) is 73.0 Å². The molecule has 0 N–H and O–H groups in total. The topological polar surface area (TPSA) is 62.3 Å². The van der Waals surface area contributed by atoms with E-state index in [0.29, 0.717) is 38.4 Å². The smallest absolute Gasteiger partial charge is 0.416 e. The maximum absolute atomic E-state index is 12.7. The van der Waals surface area contributed by atoms with Crippen LogP contribution < -0.4 is 4.90 Å². The number of alkyl halides is 3. The highest BCUT2D eigenvalue weighted by Crippen LogP contribution is 2.30. The van der Waals surface area contributed by atoms with Gasteiger partial charge in [-0.15, -0.1) is 0 Å². The molecule has 178 valence electrons. The van der Waals surface area contributed by atoms with E-state index in [4.69, 9.17) is 9.47 Å². The van der Waals surface area contributed by atoms with Crippen molar-refractivity contribution >= 4 is 17.9 Å². The minimum Gasteiger partial charge on any atom is -0.447 e. The van der Waals surface area contributed by atoms with Crippen molar-refractivity contribution in [3.8, 4) is 0 Å². The molecule has 0 bridgehead atoms. The van der Waals surface area contributed by atoms with E-state index in [1.807, 2.05) is 4.90 Å². The summed E-state index contributed by atoms with van der Waals surface area (Å²) in [5.74, 6) is 0. The molecule has 10 heteroatoms. The van der Waals surface area contributed by atoms with E-state index < -0.39 is 29.5 Å². The van der Waals surface area contributed by atoms with Gasteiger partial charge in [0.2, 0.25) is 0 Å². The molecule has 1 unspecified atom stereocenters. The Morgan fingerprint density at radius 3 is 2.16 bits per heavy atom. The Morgan fingerprint density at radius 2 is 1.59 bits per heavy atom. The van der Waals surface area contributed by atoms with Crippen molar-refractivity contribution in [3.05, 3.63) is 29.8 Å². The molecular weight excluding hydrogens is 427 g/mol. The van der Waals surface area contributed by atoms with Gasteiger partial charge in [0.25, 0.3) is 0 Å². The third-order valence-corrected chi connectivity index (χ3v) is 5.50. The fraction of sp³-hybridized carbons (Fsp3) is 0.636. The monoisotopic (exact) mass is 457 g/mol. The molecule has 2 heterocycles. The van der Waals surface area contributed by atoms with Crippen LogP contribution in [-0.2, 0) is 15.7 Å². The average Bonchev–Trinajstić information content (AvgIpc) is 3.19. The van der Waals surface area contributed by atoms with Crippen molar-refractivity contribution in [2.24, 2.45) is 0 Å². The zero-order chi connectivity index (χ0) is 23.5. The second-order valence-electron chi connectivity index (χ2n) is 9.07. The predicted octanol–water partition coefficient (Wildman–Crippen LogP) is 4.36. The minimum atomic E-state index is -4.36. The number of benzene rings is 1. The molecule has 0 radical (unpaired) electrons. The second-order valence-corrected chi connectivity index (χ2v) is 9.07. The number of hydrogen-bond donors (Lipinski definition) is 0. The van der Waals surface area contributed by atoms with Crippen LogP contribution in [0.15, 0.2) is 24.3 Å². The van der Waals surface area contributed by atoms with Crippen LogP contribution in [0.4, 0.5) is 28.4 Å². The van der Waals surface area contributed by atoms with Crippen molar-refractivity contribution in [3.63, 3.8) is 0 Å². The summed E-state index contributed by atoms with van der Waals surface area (Å²) in [4.78, 5) is 30.0. The standard InChI is InChI=1S/C22H30F3N3O4/c1-21(2,3)32-20(30)28-10-4-5-18(28)15-31-19(29)27-13-11-26(12-14-27)17-8-6-16(7-9-17)22(23,24)25/h6-9,18H,4-5,10-15H2,1-3H3. The van der Waals surface area contributed by atoms with E-state index in [9.17, 15) is 22.8 Å². The van der Waals surface area contributed by atoms with Gasteiger partial charge in [0, 0.05) is 38.4 Å². The molecule has 0 spiro atoms. The van der Waals surface area contributed by atoms with Crippen molar-refractivity contribution in [1.29, 1.82) is 0 Å². The number of ether oxygens (including phenoxy) is 2. The first-order valence-corrected chi connectivity index (χ1v) is 10.8. The summed E-state index contributed by atoms with van der Waals surface area (Å²) < 4.78 is 49.1. The molecule has 0 aliphatic carbocycles. The molecule has 2 aliphatic rings. The van der Waals surface area contributed by atoms with Crippen LogP contribution in [0.5, 0.6) is 0 Å². The van der Waals surface area contributed by atoms with E-state index in [0.717, 1.165) is 25.0 Å². The normalized spacial score (nSPS) is 19.8. The average molecular weight is 457 g/mol. The second kappa shape index (κ2) is 9.46. The van der Waals surface area contributed by atoms with Crippen LogP contribution in [0.1, 0.15) is 39.2 Å². The molecule has 32 heavy (non-hydrogen) atoms. The summed E-state index contributed by atoms with van der Waals surface area (Å²) in [7, 11) is 0. The number of nitrogens with zero attached hydrogens (tertiary/aromatic N) is 3. The number of amides is 2. The largest absolute Gasteiger partial charge is 0.447 e. The molecule has 1 aromatic carbocycles. The van der Waals surface area contributed by atoms with E-state index in [-0.39, 0.29) is 12.6 Å². The molecule has 2 saturated heterocycles. The lowest BCUT2D eigenvalue weighted by Crippen LogP contribution is -2.49. The van der Waals surface area contributed by atoms with Gasteiger partial charge in [0.1, 0.15) is 12.2 Å². The van der Waals surface area contributed by atoms with Gasteiger partial charge in [-0.3, -0.25) is 0 Å².